The van der Waals surface area contributed by atoms with Gasteiger partial charge in [0, 0.05) is 16.8 Å². The van der Waals surface area contributed by atoms with Gasteiger partial charge in [0.05, 0.1) is 22.9 Å². The molecule has 1 aliphatic heterocycles. The Labute approximate surface area is 244 Å². The number of hydrogen-bond donors (Lipinski definition) is 1. The lowest BCUT2D eigenvalue weighted by Gasteiger charge is -2.32. The van der Waals surface area contributed by atoms with E-state index in [1.807, 2.05) is 71.8 Å². The third-order valence-electron chi connectivity index (χ3n) is 7.07. The van der Waals surface area contributed by atoms with Crippen molar-refractivity contribution in [2.24, 2.45) is 10.2 Å². The molecule has 1 fully saturated rings. The minimum Gasteiger partial charge on any atom is -0.406 e. The summed E-state index contributed by atoms with van der Waals surface area (Å²) in [6.45, 7) is 5.81. The third kappa shape index (κ3) is 5.33. The van der Waals surface area contributed by atoms with Gasteiger partial charge < -0.3 is 9.84 Å². The molecule has 42 heavy (non-hydrogen) atoms. The van der Waals surface area contributed by atoms with Crippen molar-refractivity contribution in [1.82, 2.24) is 9.55 Å². The van der Waals surface area contributed by atoms with E-state index in [0.29, 0.717) is 16.6 Å². The summed E-state index contributed by atoms with van der Waals surface area (Å²) in [5, 5.41) is 22.4. The number of amidine groups is 1. The number of alkyl halides is 3. The van der Waals surface area contributed by atoms with Crippen LogP contribution in [-0.4, -0.2) is 43.9 Å². The number of imidazole rings is 1. The Morgan fingerprint density at radius 2 is 1.76 bits per heavy atom. The fraction of sp³-hybridized carbons (Fsp3) is 0.194. The SMILES string of the molecule is Cc1cccc(C)c1N1/C(=N/N=C/c2ccc3c(ccc4c3ncn4-c3ccc(OC(F)(F)F)cc3)c2)SCC1(C)O. The van der Waals surface area contributed by atoms with Crippen molar-refractivity contribution in [2.75, 3.05) is 10.7 Å². The van der Waals surface area contributed by atoms with Crippen LogP contribution in [0.1, 0.15) is 23.6 Å². The molecule has 1 aromatic heterocycles. The van der Waals surface area contributed by atoms with Crippen molar-refractivity contribution in [1.29, 1.82) is 0 Å². The molecule has 0 spiro atoms. The van der Waals surface area contributed by atoms with Crippen LogP contribution in [0.2, 0.25) is 0 Å². The number of hydrogen-bond acceptors (Lipinski definition) is 6. The number of aliphatic hydroxyl groups is 1. The quantitative estimate of drug-likeness (QED) is 0.171. The van der Waals surface area contributed by atoms with Crippen molar-refractivity contribution in [3.05, 3.63) is 95.8 Å². The molecule has 214 valence electrons. The van der Waals surface area contributed by atoms with Gasteiger partial charge in [-0.2, -0.15) is 5.10 Å². The average molecular weight is 590 g/mol. The fourth-order valence-electron chi connectivity index (χ4n) is 5.17. The Morgan fingerprint density at radius 3 is 2.48 bits per heavy atom. The van der Waals surface area contributed by atoms with Gasteiger partial charge >= 0.3 is 6.36 Å². The number of benzene rings is 4. The molecule has 6 rings (SSSR count). The molecular formula is C31H26F3N5O2S. The van der Waals surface area contributed by atoms with Crippen LogP contribution in [0, 0.1) is 13.8 Å². The summed E-state index contributed by atoms with van der Waals surface area (Å²) in [4.78, 5) is 6.43. The van der Waals surface area contributed by atoms with Gasteiger partial charge in [-0.3, -0.25) is 9.47 Å². The fourth-order valence-corrected chi connectivity index (χ4v) is 6.23. The van der Waals surface area contributed by atoms with Gasteiger partial charge in [0.25, 0.3) is 0 Å². The molecule has 1 N–H and O–H groups in total. The number of aromatic nitrogens is 2. The summed E-state index contributed by atoms with van der Waals surface area (Å²) in [6.07, 6.45) is -1.42. The molecule has 5 aromatic rings. The van der Waals surface area contributed by atoms with Gasteiger partial charge in [0.2, 0.25) is 0 Å². The molecular weight excluding hydrogens is 563 g/mol. The molecule has 2 heterocycles. The topological polar surface area (TPSA) is 75.2 Å². The van der Waals surface area contributed by atoms with E-state index in [1.165, 1.54) is 23.9 Å². The van der Waals surface area contributed by atoms with Crippen LogP contribution in [0.15, 0.2) is 89.3 Å². The highest BCUT2D eigenvalue weighted by Gasteiger charge is 2.41. The maximum Gasteiger partial charge on any atom is 0.573 e. The van der Waals surface area contributed by atoms with Crippen LogP contribution >= 0.6 is 11.8 Å². The molecule has 0 saturated carbocycles. The number of nitrogens with zero attached hydrogens (tertiary/aromatic N) is 5. The first kappa shape index (κ1) is 27.8. The maximum absolute atomic E-state index is 12.5. The molecule has 1 atom stereocenters. The van der Waals surface area contributed by atoms with E-state index in [0.717, 1.165) is 44.2 Å². The van der Waals surface area contributed by atoms with Crippen LogP contribution in [0.3, 0.4) is 0 Å². The summed E-state index contributed by atoms with van der Waals surface area (Å²) in [7, 11) is 0. The molecule has 4 aromatic carbocycles. The second-order valence-corrected chi connectivity index (χ2v) is 11.2. The normalized spacial score (nSPS) is 18.6. The smallest absolute Gasteiger partial charge is 0.406 e. The zero-order valence-corrected chi connectivity index (χ0v) is 23.7. The van der Waals surface area contributed by atoms with E-state index < -0.39 is 12.1 Å². The Bertz CT molecular complexity index is 1840. The molecule has 7 nitrogen and oxygen atoms in total. The van der Waals surface area contributed by atoms with Gasteiger partial charge in [0.15, 0.2) is 10.9 Å². The van der Waals surface area contributed by atoms with Crippen LogP contribution in [0.4, 0.5) is 18.9 Å². The molecule has 0 amide bonds. The highest BCUT2D eigenvalue weighted by atomic mass is 32.2. The third-order valence-corrected chi connectivity index (χ3v) is 8.28. The first-order chi connectivity index (χ1) is 20.0. The minimum absolute atomic E-state index is 0.282. The number of ether oxygens (including phenoxy) is 1. The number of rotatable bonds is 5. The van der Waals surface area contributed by atoms with Crippen molar-refractivity contribution in [2.45, 2.75) is 32.9 Å². The number of aryl methyl sites for hydroxylation is 2. The zero-order chi connectivity index (χ0) is 29.6. The van der Waals surface area contributed by atoms with E-state index in [4.69, 9.17) is 0 Å². The van der Waals surface area contributed by atoms with Crippen LogP contribution < -0.4 is 9.64 Å². The number of para-hydroxylation sites is 1. The van der Waals surface area contributed by atoms with Crippen molar-refractivity contribution < 1.29 is 23.0 Å². The van der Waals surface area contributed by atoms with Gasteiger partial charge in [-0.05, 0) is 79.2 Å². The first-order valence-electron chi connectivity index (χ1n) is 13.1. The lowest BCUT2D eigenvalue weighted by Crippen LogP contribution is -2.45. The predicted molar refractivity (Wildman–Crippen MR) is 162 cm³/mol. The molecule has 1 aliphatic rings. The summed E-state index contributed by atoms with van der Waals surface area (Å²) >= 11 is 1.46. The minimum atomic E-state index is -4.74. The summed E-state index contributed by atoms with van der Waals surface area (Å²) in [5.41, 5.74) is 5.02. The second-order valence-electron chi connectivity index (χ2n) is 10.3. The standard InChI is InChI=1S/C31H26F3N5O2S/c1-19-5-4-6-20(2)28(19)39-29(42-17-30(39,3)40)37-36-16-21-7-13-25-22(15-21)8-14-26-27(25)35-18-38(26)23-9-11-24(12-10-23)41-31(32,33)34/h4-16,18,40H,17H2,1-3H3/b36-16+,37-29-. The highest BCUT2D eigenvalue weighted by Crippen LogP contribution is 2.39. The predicted octanol–water partition coefficient (Wildman–Crippen LogP) is 7.35. The molecule has 11 heteroatoms. The van der Waals surface area contributed by atoms with Crippen LogP contribution in [-0.2, 0) is 0 Å². The Hall–Kier alpha value is -4.35. The second kappa shape index (κ2) is 10.5. The van der Waals surface area contributed by atoms with Crippen LogP contribution in [0.5, 0.6) is 5.75 Å². The average Bonchev–Trinajstić information content (AvgIpc) is 3.49. The molecule has 0 bridgehead atoms. The number of halogens is 3. The lowest BCUT2D eigenvalue weighted by molar-refractivity contribution is -0.274. The Balaban J connectivity index is 1.27. The lowest BCUT2D eigenvalue weighted by atomic mass is 10.1. The molecule has 0 radical (unpaired) electrons. The Morgan fingerprint density at radius 1 is 1.02 bits per heavy atom. The number of thioether (sulfide) groups is 1. The van der Waals surface area contributed by atoms with Gasteiger partial charge in [0.1, 0.15) is 12.1 Å². The largest absolute Gasteiger partial charge is 0.573 e. The summed E-state index contributed by atoms with van der Waals surface area (Å²) < 4.78 is 43.3. The van der Waals surface area contributed by atoms with Crippen LogP contribution in [0.25, 0.3) is 27.5 Å². The number of anilines is 1. The van der Waals surface area contributed by atoms with Crippen molar-refractivity contribution >= 4 is 50.6 Å². The summed E-state index contributed by atoms with van der Waals surface area (Å²) in [5.74, 6) is 0.189. The van der Waals surface area contributed by atoms with Gasteiger partial charge in [-0.25, -0.2) is 4.98 Å². The molecule has 1 unspecified atom stereocenters. The van der Waals surface area contributed by atoms with E-state index >= 15 is 0 Å². The molecule has 0 aliphatic carbocycles. The molecule has 1 saturated heterocycles. The van der Waals surface area contributed by atoms with E-state index in [-0.39, 0.29) is 5.75 Å². The zero-order valence-electron chi connectivity index (χ0n) is 22.9. The van der Waals surface area contributed by atoms with E-state index in [9.17, 15) is 18.3 Å². The van der Waals surface area contributed by atoms with Crippen molar-refractivity contribution in [3.8, 4) is 11.4 Å². The van der Waals surface area contributed by atoms with Gasteiger partial charge in [-0.1, -0.05) is 48.2 Å². The highest BCUT2D eigenvalue weighted by molar-refractivity contribution is 8.14. The van der Waals surface area contributed by atoms with E-state index in [2.05, 4.69) is 19.9 Å². The van der Waals surface area contributed by atoms with Crippen molar-refractivity contribution in [3.63, 3.8) is 0 Å². The summed E-state index contributed by atoms with van der Waals surface area (Å²) in [6, 6.07) is 21.4. The maximum atomic E-state index is 12.5. The first-order valence-corrected chi connectivity index (χ1v) is 14.1. The van der Waals surface area contributed by atoms with Gasteiger partial charge in [-0.15, -0.1) is 18.3 Å². The van der Waals surface area contributed by atoms with E-state index in [1.54, 1.807) is 31.6 Å². The number of fused-ring (bicyclic) bond motifs is 3. The monoisotopic (exact) mass is 589 g/mol. The Kier molecular flexibility index (Phi) is 6.94.